The third kappa shape index (κ3) is 63.1. The first-order chi connectivity index (χ1) is 11.5. The Balaban J connectivity index is -0.0000000225. The number of halogens is 8. The molecule has 0 saturated heterocycles. The van der Waals surface area contributed by atoms with Crippen LogP contribution in [0.25, 0.3) is 0 Å². The van der Waals surface area contributed by atoms with Crippen LogP contribution >= 0.6 is 0 Å². The van der Waals surface area contributed by atoms with E-state index in [0.717, 1.165) is 0 Å². The van der Waals surface area contributed by atoms with Crippen molar-refractivity contribution in [3.8, 4) is 0 Å². The SMILES string of the molecule is C.C.C.C.CC(C)(C(F)(F)F)C(F)(F)F.CC(C)=O.CCC.CCC.CCF.CF. The second kappa shape index (κ2) is 38.7. The van der Waals surface area contributed by atoms with Gasteiger partial charge in [-0.3, -0.25) is 8.78 Å². The van der Waals surface area contributed by atoms with Crippen LogP contribution in [0.4, 0.5) is 35.1 Å². The highest BCUT2D eigenvalue weighted by atomic mass is 19.4. The minimum absolute atomic E-state index is 0. The van der Waals surface area contributed by atoms with E-state index < -0.39 is 17.8 Å². The summed E-state index contributed by atoms with van der Waals surface area (Å²) in [5.41, 5.74) is -3.62. The van der Waals surface area contributed by atoms with Crippen molar-refractivity contribution < 1.29 is 39.9 Å². The lowest BCUT2D eigenvalue weighted by Crippen LogP contribution is -2.44. The van der Waals surface area contributed by atoms with E-state index in [-0.39, 0.29) is 56.0 Å². The fourth-order valence-electron chi connectivity index (χ4n) is 0.161. The van der Waals surface area contributed by atoms with Crippen LogP contribution in [-0.2, 0) is 4.79 Å². The minimum Gasteiger partial charge on any atom is -0.300 e. The van der Waals surface area contributed by atoms with Gasteiger partial charge < -0.3 is 4.79 Å². The Hall–Kier alpha value is -0.890. The first-order valence-corrected chi connectivity index (χ1v) is 8.02. The lowest BCUT2D eigenvalue weighted by Gasteiger charge is -2.29. The van der Waals surface area contributed by atoms with Crippen LogP contribution in [0.5, 0.6) is 0 Å². The molecule has 0 aromatic carbocycles. The number of ketones is 1. The second-order valence-electron chi connectivity index (χ2n) is 5.21. The van der Waals surface area contributed by atoms with Crippen LogP contribution < -0.4 is 0 Å². The summed E-state index contributed by atoms with van der Waals surface area (Å²) in [6.07, 6.45) is -7.99. The van der Waals surface area contributed by atoms with Crippen molar-refractivity contribution >= 4 is 5.78 Å². The number of Topliss-reactive ketones (excluding diaryl/α,β-unsaturated/α-hetero) is 1. The average Bonchev–Trinajstić information content (AvgIpc) is 2.40. The minimum atomic E-state index is -5.24. The van der Waals surface area contributed by atoms with Crippen molar-refractivity contribution in [1.82, 2.24) is 0 Å². The van der Waals surface area contributed by atoms with Gasteiger partial charge in [-0.1, -0.05) is 70.2 Å². The molecule has 0 radical (unpaired) electrons. The third-order valence-corrected chi connectivity index (χ3v) is 1.42. The van der Waals surface area contributed by atoms with E-state index in [0.29, 0.717) is 7.18 Å². The lowest BCUT2D eigenvalue weighted by molar-refractivity contribution is -0.327. The Morgan fingerprint density at radius 3 is 0.700 bits per heavy atom. The molecule has 0 aromatic rings. The van der Waals surface area contributed by atoms with Crippen molar-refractivity contribution in [3.05, 3.63) is 0 Å². The molecule has 0 fully saturated rings. The number of hydrogen-bond donors (Lipinski definition) is 0. The van der Waals surface area contributed by atoms with Crippen LogP contribution in [0.1, 0.15) is 105 Å². The van der Waals surface area contributed by atoms with Gasteiger partial charge in [0.05, 0.1) is 13.9 Å². The monoisotopic (exact) mass is 472 g/mol. The molecular weight excluding hydrogens is 420 g/mol. The van der Waals surface area contributed by atoms with Crippen molar-refractivity contribution in [3.63, 3.8) is 0 Å². The molecule has 0 aromatic heterocycles. The van der Waals surface area contributed by atoms with Gasteiger partial charge in [0.1, 0.15) is 5.78 Å². The zero-order chi connectivity index (χ0) is 23.2. The highest BCUT2D eigenvalue weighted by Crippen LogP contribution is 2.49. The van der Waals surface area contributed by atoms with Gasteiger partial charge in [0, 0.05) is 0 Å². The van der Waals surface area contributed by atoms with E-state index >= 15 is 0 Å². The molecule has 0 unspecified atom stereocenters. The Labute approximate surface area is 183 Å². The predicted octanol–water partition coefficient (Wildman–Crippen LogP) is 10.7. The number of carbonyl (C=O) groups excluding carboxylic acids is 1. The number of rotatable bonds is 0. The molecule has 0 bridgehead atoms. The van der Waals surface area contributed by atoms with Crippen LogP contribution in [0.2, 0.25) is 0 Å². The maximum atomic E-state index is 11.6. The van der Waals surface area contributed by atoms with Crippen LogP contribution in [-0.4, -0.2) is 32.0 Å². The first-order valence-electron chi connectivity index (χ1n) is 8.02. The van der Waals surface area contributed by atoms with Crippen LogP contribution in [0.3, 0.4) is 0 Å². The van der Waals surface area contributed by atoms with E-state index in [9.17, 15) is 39.9 Å². The van der Waals surface area contributed by atoms with Crippen LogP contribution in [0.15, 0.2) is 0 Å². The summed E-state index contributed by atoms with van der Waals surface area (Å²) in [5.74, 6) is 0.167. The van der Waals surface area contributed by atoms with Gasteiger partial charge in [-0.05, 0) is 34.6 Å². The molecule has 0 amide bonds. The molecule has 0 aliphatic heterocycles. The smallest absolute Gasteiger partial charge is 0.300 e. The topological polar surface area (TPSA) is 17.1 Å². The Morgan fingerprint density at radius 2 is 0.700 bits per heavy atom. The summed E-state index contributed by atoms with van der Waals surface area (Å²) in [7, 11) is 0.500. The fourth-order valence-corrected chi connectivity index (χ4v) is 0.161. The van der Waals surface area contributed by atoms with E-state index in [1.165, 1.54) is 33.6 Å². The fraction of sp³-hybridized carbons (Fsp3) is 0.952. The Morgan fingerprint density at radius 1 is 0.633 bits per heavy atom. The molecule has 0 rings (SSSR count). The highest BCUT2D eigenvalue weighted by Gasteiger charge is 2.64. The number of hydrogen-bond acceptors (Lipinski definition) is 1. The molecular formula is C21H52F8O. The Bertz CT molecular complexity index is 236. The molecule has 1 nitrogen and oxygen atoms in total. The van der Waals surface area contributed by atoms with Gasteiger partial charge in [-0.15, -0.1) is 0 Å². The molecule has 9 heteroatoms. The number of alkyl halides is 8. The van der Waals surface area contributed by atoms with E-state index in [4.69, 9.17) is 0 Å². The average molecular weight is 473 g/mol. The largest absolute Gasteiger partial charge is 0.402 e. The van der Waals surface area contributed by atoms with Crippen molar-refractivity contribution in [1.29, 1.82) is 0 Å². The molecule has 30 heavy (non-hydrogen) atoms. The summed E-state index contributed by atoms with van der Waals surface area (Å²) < 4.78 is 89.4. The maximum absolute atomic E-state index is 11.6. The Kier molecular flexibility index (Phi) is 81.2. The third-order valence-electron chi connectivity index (χ3n) is 1.42. The zero-order valence-corrected chi connectivity index (χ0v) is 17.6. The molecule has 198 valence electrons. The van der Waals surface area contributed by atoms with Gasteiger partial charge in [0.2, 0.25) is 0 Å². The molecule has 0 aliphatic rings. The van der Waals surface area contributed by atoms with Gasteiger partial charge in [-0.25, -0.2) is 0 Å². The summed E-state index contributed by atoms with van der Waals surface area (Å²) in [4.78, 5) is 9.44. The first kappa shape index (κ1) is 63.0. The van der Waals surface area contributed by atoms with Crippen molar-refractivity contribution in [2.24, 2.45) is 5.41 Å². The zero-order valence-electron chi connectivity index (χ0n) is 17.6. The molecule has 0 saturated carbocycles. The quantitative estimate of drug-likeness (QED) is 0.320. The molecule has 0 aliphatic carbocycles. The van der Waals surface area contributed by atoms with Crippen LogP contribution in [0, 0.1) is 5.41 Å². The lowest BCUT2D eigenvalue weighted by atomic mass is 9.92. The van der Waals surface area contributed by atoms with Gasteiger partial charge in [0.15, 0.2) is 5.41 Å². The summed E-state index contributed by atoms with van der Waals surface area (Å²) in [5, 5.41) is 0. The van der Waals surface area contributed by atoms with Gasteiger partial charge in [-0.2, -0.15) is 26.3 Å². The van der Waals surface area contributed by atoms with E-state index in [2.05, 4.69) is 27.7 Å². The number of carbonyl (C=O) groups is 1. The van der Waals surface area contributed by atoms with Gasteiger partial charge in [0.25, 0.3) is 0 Å². The molecule has 0 atom stereocenters. The molecule has 0 spiro atoms. The van der Waals surface area contributed by atoms with E-state index in [1.54, 1.807) is 0 Å². The highest BCUT2D eigenvalue weighted by molar-refractivity contribution is 5.72. The molecule has 0 N–H and O–H groups in total. The normalized spacial score (nSPS) is 8.47. The molecule has 0 heterocycles. The maximum Gasteiger partial charge on any atom is 0.402 e. The van der Waals surface area contributed by atoms with E-state index in [1.807, 2.05) is 0 Å². The summed E-state index contributed by atoms with van der Waals surface area (Å²) in [6.45, 7) is 13.0. The standard InChI is InChI=1S/C5H6F6.C3H6O.2C3H8.C2H5F.CH3F.4CH4/c1-3(2,4(6,7)8)5(9,10)11;1-3(2)4;2*1-3-2;1-2-3;1-2;;;;/h1-2H3;1-2H3;2*3H2,1-2H3;2H2,1H3;1H3;4*1H4. The van der Waals surface area contributed by atoms with Crippen molar-refractivity contribution in [2.45, 2.75) is 117 Å². The summed E-state index contributed by atoms with van der Waals surface area (Å²) in [6, 6.07) is 0. The second-order valence-corrected chi connectivity index (χ2v) is 5.21. The van der Waals surface area contributed by atoms with Gasteiger partial charge >= 0.3 is 12.4 Å². The predicted molar refractivity (Wildman–Crippen MR) is 120 cm³/mol. The van der Waals surface area contributed by atoms with Crippen molar-refractivity contribution in [2.75, 3.05) is 13.9 Å². The summed E-state index contributed by atoms with van der Waals surface area (Å²) >= 11 is 0.